The van der Waals surface area contributed by atoms with Crippen molar-refractivity contribution in [2.45, 2.75) is 38.3 Å². The van der Waals surface area contributed by atoms with Crippen LogP contribution in [-0.4, -0.2) is 59.7 Å². The van der Waals surface area contributed by atoms with Crippen LogP contribution in [0.1, 0.15) is 57.8 Å². The van der Waals surface area contributed by atoms with Crippen molar-refractivity contribution in [3.63, 3.8) is 0 Å². The molecule has 3 N–H and O–H groups in total. The van der Waals surface area contributed by atoms with Crippen LogP contribution in [0, 0.1) is 0 Å². The number of rotatable bonds is 10. The van der Waals surface area contributed by atoms with E-state index in [4.69, 9.17) is 21.8 Å². The second-order valence-electron chi connectivity index (χ2n) is 12.2. The molecule has 0 bridgehead atoms. The molecule has 1 aromatic heterocycles. The van der Waals surface area contributed by atoms with Gasteiger partial charge in [0.1, 0.15) is 0 Å². The molecule has 1 saturated heterocycles. The maximum Gasteiger partial charge on any atom is 0.290 e. The Balaban J connectivity index is 1.26. The van der Waals surface area contributed by atoms with Crippen molar-refractivity contribution in [3.8, 4) is 11.1 Å². The Labute approximate surface area is 285 Å². The van der Waals surface area contributed by atoms with Gasteiger partial charge in [0.2, 0.25) is 5.91 Å². The Morgan fingerprint density at radius 1 is 0.958 bits per heavy atom. The number of piperidine rings is 1. The zero-order valence-electron chi connectivity index (χ0n) is 26.9. The normalized spacial score (nSPS) is 14.1. The van der Waals surface area contributed by atoms with E-state index in [-0.39, 0.29) is 36.2 Å². The summed E-state index contributed by atoms with van der Waals surface area (Å²) in [4.78, 5) is 44.5. The van der Waals surface area contributed by atoms with Crippen LogP contribution in [0.4, 0.5) is 0 Å². The van der Waals surface area contributed by atoms with Crippen LogP contribution in [0.3, 0.4) is 0 Å². The summed E-state index contributed by atoms with van der Waals surface area (Å²) in [6, 6.07) is 30.2. The highest BCUT2D eigenvalue weighted by Crippen LogP contribution is 2.33. The number of likely N-dealkylation sites (tertiary alicyclic amines) is 1. The third kappa shape index (κ3) is 7.15. The summed E-state index contributed by atoms with van der Waals surface area (Å²) in [5.41, 5.74) is 9.70. The van der Waals surface area contributed by atoms with Gasteiger partial charge in [-0.25, -0.2) is 0 Å². The van der Waals surface area contributed by atoms with Gasteiger partial charge in [0.15, 0.2) is 5.76 Å². The number of benzene rings is 4. The van der Waals surface area contributed by atoms with Crippen LogP contribution in [0.2, 0.25) is 5.02 Å². The molecule has 1 aliphatic rings. The highest BCUT2D eigenvalue weighted by atomic mass is 35.5. The molecule has 0 radical (unpaired) electrons. The van der Waals surface area contributed by atoms with E-state index in [1.165, 1.54) is 0 Å². The fraction of sp³-hybridized carbons (Fsp3) is 0.256. The summed E-state index contributed by atoms with van der Waals surface area (Å²) >= 11 is 6.13. The molecule has 2 heterocycles. The Morgan fingerprint density at radius 2 is 1.69 bits per heavy atom. The van der Waals surface area contributed by atoms with Gasteiger partial charge in [-0.3, -0.25) is 14.4 Å². The first-order valence-corrected chi connectivity index (χ1v) is 16.7. The molecule has 0 spiro atoms. The largest absolute Gasteiger partial charge is 0.458 e. The molecular weight excluding hydrogens is 624 g/mol. The molecule has 1 atom stereocenters. The summed E-state index contributed by atoms with van der Waals surface area (Å²) in [6.45, 7) is 3.79. The van der Waals surface area contributed by atoms with Crippen LogP contribution in [0.25, 0.3) is 21.9 Å². The number of nitrogens with zero attached hydrogens (tertiary/aromatic N) is 2. The number of fused-ring (bicyclic) bond motifs is 1. The smallest absolute Gasteiger partial charge is 0.290 e. The zero-order chi connectivity index (χ0) is 33.6. The number of halogens is 1. The highest BCUT2D eigenvalue weighted by Gasteiger charge is 2.34. The maximum atomic E-state index is 14.2. The molecule has 246 valence electrons. The number of furan rings is 1. The number of amides is 3. The van der Waals surface area contributed by atoms with E-state index in [1.807, 2.05) is 89.5 Å². The minimum Gasteiger partial charge on any atom is -0.458 e. The minimum atomic E-state index is -0.274. The van der Waals surface area contributed by atoms with Gasteiger partial charge < -0.3 is 25.3 Å². The quantitative estimate of drug-likeness (QED) is 0.170. The fourth-order valence-electron chi connectivity index (χ4n) is 6.59. The Morgan fingerprint density at radius 3 is 2.46 bits per heavy atom. The Hall–Kier alpha value is -4.92. The molecule has 48 heavy (non-hydrogen) atoms. The van der Waals surface area contributed by atoms with Crippen LogP contribution >= 0.6 is 11.6 Å². The van der Waals surface area contributed by atoms with Crippen LogP contribution in [-0.2, 0) is 11.2 Å². The molecule has 3 amide bonds. The standard InChI is InChI=1S/C39H39ClN4O4/c1-26(28-8-6-9-29(24-28)33-10-4-5-12-35(33)38(46)42-20-19-41)44(36(45)23-27-13-15-31(40)16-14-27)32-17-21-43(22-18-32)39(47)37-34-11-3-2-7-30(34)25-48-37/h2-16,24-26,32H,17-23,41H2,1H3,(H,42,46). The summed E-state index contributed by atoms with van der Waals surface area (Å²) in [7, 11) is 0. The van der Waals surface area contributed by atoms with Crippen molar-refractivity contribution in [1.82, 2.24) is 15.1 Å². The maximum absolute atomic E-state index is 14.2. The average Bonchev–Trinajstić information content (AvgIpc) is 3.56. The van der Waals surface area contributed by atoms with E-state index in [1.54, 1.807) is 24.5 Å². The van der Waals surface area contributed by atoms with Gasteiger partial charge in [-0.1, -0.05) is 84.4 Å². The molecule has 0 saturated carbocycles. The fourth-order valence-corrected chi connectivity index (χ4v) is 6.72. The van der Waals surface area contributed by atoms with Gasteiger partial charge in [0.25, 0.3) is 11.8 Å². The molecule has 4 aromatic carbocycles. The van der Waals surface area contributed by atoms with Gasteiger partial charge in [-0.15, -0.1) is 0 Å². The van der Waals surface area contributed by atoms with Gasteiger partial charge in [-0.05, 0) is 66.3 Å². The molecule has 5 aromatic rings. The lowest BCUT2D eigenvalue weighted by atomic mass is 9.93. The van der Waals surface area contributed by atoms with Gasteiger partial charge >= 0.3 is 0 Å². The van der Waals surface area contributed by atoms with Crippen molar-refractivity contribution in [3.05, 3.63) is 131 Å². The Bertz CT molecular complexity index is 1910. The lowest BCUT2D eigenvalue weighted by Crippen LogP contribution is -2.50. The molecule has 9 heteroatoms. The summed E-state index contributed by atoms with van der Waals surface area (Å²) in [5.74, 6) is 0.0298. The van der Waals surface area contributed by atoms with Crippen molar-refractivity contribution >= 4 is 40.1 Å². The van der Waals surface area contributed by atoms with Crippen molar-refractivity contribution in [2.24, 2.45) is 5.73 Å². The third-order valence-electron chi connectivity index (χ3n) is 9.10. The number of hydrogen-bond acceptors (Lipinski definition) is 5. The number of carbonyl (C=O) groups excluding carboxylic acids is 3. The monoisotopic (exact) mass is 662 g/mol. The molecule has 8 nitrogen and oxygen atoms in total. The van der Waals surface area contributed by atoms with E-state index in [2.05, 4.69) is 11.4 Å². The van der Waals surface area contributed by atoms with E-state index in [0.717, 1.165) is 33.0 Å². The van der Waals surface area contributed by atoms with E-state index in [9.17, 15) is 14.4 Å². The van der Waals surface area contributed by atoms with Crippen molar-refractivity contribution in [1.29, 1.82) is 0 Å². The molecule has 1 aliphatic heterocycles. The molecular formula is C39H39ClN4O4. The first-order valence-electron chi connectivity index (χ1n) is 16.3. The minimum absolute atomic E-state index is 0.00130. The van der Waals surface area contributed by atoms with Crippen LogP contribution in [0.5, 0.6) is 0 Å². The second-order valence-corrected chi connectivity index (χ2v) is 12.6. The lowest BCUT2D eigenvalue weighted by molar-refractivity contribution is -0.136. The van der Waals surface area contributed by atoms with E-state index >= 15 is 0 Å². The van der Waals surface area contributed by atoms with Crippen molar-refractivity contribution < 1.29 is 18.8 Å². The zero-order valence-corrected chi connectivity index (χ0v) is 27.7. The van der Waals surface area contributed by atoms with Gasteiger partial charge in [-0.2, -0.15) is 0 Å². The van der Waals surface area contributed by atoms with Crippen LogP contribution < -0.4 is 11.1 Å². The number of nitrogens with one attached hydrogen (secondary N) is 1. The summed E-state index contributed by atoms with van der Waals surface area (Å²) < 4.78 is 5.71. The Kier molecular flexibility index (Phi) is 10.2. The topological polar surface area (TPSA) is 109 Å². The number of nitrogens with two attached hydrogens (primary N) is 1. The highest BCUT2D eigenvalue weighted by molar-refractivity contribution is 6.30. The van der Waals surface area contributed by atoms with Gasteiger partial charge in [0, 0.05) is 53.6 Å². The van der Waals surface area contributed by atoms with Crippen LogP contribution in [0.15, 0.2) is 108 Å². The first-order chi connectivity index (χ1) is 23.3. The van der Waals surface area contributed by atoms with E-state index in [0.29, 0.717) is 55.4 Å². The van der Waals surface area contributed by atoms with Crippen molar-refractivity contribution in [2.75, 3.05) is 26.2 Å². The summed E-state index contributed by atoms with van der Waals surface area (Å²) in [6.07, 6.45) is 3.10. The molecule has 0 aliphatic carbocycles. The average molecular weight is 663 g/mol. The molecule has 1 unspecified atom stereocenters. The third-order valence-corrected chi connectivity index (χ3v) is 9.36. The van der Waals surface area contributed by atoms with E-state index < -0.39 is 0 Å². The number of hydrogen-bond donors (Lipinski definition) is 2. The SMILES string of the molecule is CC(c1cccc(-c2ccccc2C(=O)NCCN)c1)N(C(=O)Cc1ccc(Cl)cc1)C1CCN(C(=O)c2occ3ccccc23)CC1. The van der Waals surface area contributed by atoms with Gasteiger partial charge in [0.05, 0.1) is 18.7 Å². The summed E-state index contributed by atoms with van der Waals surface area (Å²) in [5, 5.41) is 5.18. The predicted octanol–water partition coefficient (Wildman–Crippen LogP) is 6.88. The predicted molar refractivity (Wildman–Crippen MR) is 189 cm³/mol. The lowest BCUT2D eigenvalue weighted by Gasteiger charge is -2.42. The first kappa shape index (κ1) is 33.0. The molecule has 6 rings (SSSR count). The molecule has 1 fully saturated rings. The second kappa shape index (κ2) is 14.9. The number of carbonyl (C=O) groups is 3.